The van der Waals surface area contributed by atoms with Gasteiger partial charge in [0.2, 0.25) is 0 Å². The molecule has 0 unspecified atom stereocenters. The van der Waals surface area contributed by atoms with Crippen molar-refractivity contribution < 1.29 is 14.3 Å². The molecule has 3 atom stereocenters. The first-order valence-corrected chi connectivity index (χ1v) is 6.27. The maximum Gasteiger partial charge on any atom is 0.410 e. The molecule has 1 aliphatic carbocycles. The maximum atomic E-state index is 11.9. The number of amides is 1. The van der Waals surface area contributed by atoms with Gasteiger partial charge in [-0.15, -0.1) is 0 Å². The average molecular weight is 239 g/mol. The van der Waals surface area contributed by atoms with Crippen molar-refractivity contribution in [2.75, 3.05) is 6.54 Å². The first-order valence-electron chi connectivity index (χ1n) is 6.27. The lowest BCUT2D eigenvalue weighted by molar-refractivity contribution is -0.119. The van der Waals surface area contributed by atoms with Crippen LogP contribution in [0.3, 0.4) is 0 Å². The van der Waals surface area contributed by atoms with Crippen LogP contribution in [0.2, 0.25) is 0 Å². The molecule has 0 N–H and O–H groups in total. The fourth-order valence-corrected chi connectivity index (χ4v) is 2.90. The Morgan fingerprint density at radius 2 is 2.00 bits per heavy atom. The smallest absolute Gasteiger partial charge is 0.410 e. The summed E-state index contributed by atoms with van der Waals surface area (Å²) in [6.45, 7) is 8.00. The largest absolute Gasteiger partial charge is 0.444 e. The molecule has 3 fully saturated rings. The third-order valence-electron chi connectivity index (χ3n) is 3.63. The second-order valence-corrected chi connectivity index (χ2v) is 6.27. The summed E-state index contributed by atoms with van der Waals surface area (Å²) in [7, 11) is 0. The number of ketones is 1. The minimum Gasteiger partial charge on any atom is -0.444 e. The van der Waals surface area contributed by atoms with Gasteiger partial charge in [-0.3, -0.25) is 0 Å². The Kier molecular flexibility index (Phi) is 2.92. The van der Waals surface area contributed by atoms with Gasteiger partial charge in [-0.1, -0.05) is 0 Å². The Morgan fingerprint density at radius 1 is 1.35 bits per heavy atom. The highest BCUT2D eigenvalue weighted by Gasteiger charge is 2.54. The zero-order chi connectivity index (χ0) is 12.8. The summed E-state index contributed by atoms with van der Waals surface area (Å²) in [5.41, 5.74) is -0.444. The van der Waals surface area contributed by atoms with Crippen LogP contribution in [-0.4, -0.2) is 35.0 Å². The van der Waals surface area contributed by atoms with Crippen molar-refractivity contribution in [2.24, 2.45) is 11.8 Å². The van der Waals surface area contributed by atoms with Crippen molar-refractivity contribution in [3.05, 3.63) is 0 Å². The van der Waals surface area contributed by atoms with E-state index in [-0.39, 0.29) is 17.9 Å². The number of carbonyl (C=O) groups is 2. The zero-order valence-electron chi connectivity index (χ0n) is 11.0. The van der Waals surface area contributed by atoms with Crippen LogP contribution >= 0.6 is 0 Å². The first kappa shape index (κ1) is 12.4. The van der Waals surface area contributed by atoms with E-state index in [4.69, 9.17) is 4.74 Å². The van der Waals surface area contributed by atoms with Gasteiger partial charge in [-0.2, -0.15) is 0 Å². The van der Waals surface area contributed by atoms with Crippen LogP contribution in [0.25, 0.3) is 0 Å². The zero-order valence-corrected chi connectivity index (χ0v) is 11.0. The molecule has 0 aromatic heterocycles. The van der Waals surface area contributed by atoms with E-state index in [1.807, 2.05) is 25.7 Å². The van der Waals surface area contributed by atoms with Gasteiger partial charge in [0, 0.05) is 19.0 Å². The summed E-state index contributed by atoms with van der Waals surface area (Å²) in [6, 6.07) is 0.235. The Labute approximate surface area is 102 Å². The molecule has 1 saturated carbocycles. The number of ether oxygens (including phenoxy) is 1. The molecule has 2 aliphatic heterocycles. The Bertz CT molecular complexity index is 345. The Hall–Kier alpha value is -1.06. The van der Waals surface area contributed by atoms with Crippen molar-refractivity contribution in [3.63, 3.8) is 0 Å². The van der Waals surface area contributed by atoms with E-state index >= 15 is 0 Å². The molecule has 4 nitrogen and oxygen atoms in total. The molecule has 0 spiro atoms. The topological polar surface area (TPSA) is 46.6 Å². The summed E-state index contributed by atoms with van der Waals surface area (Å²) in [6.07, 6.45) is 1.42. The minimum atomic E-state index is -0.444. The van der Waals surface area contributed by atoms with Crippen LogP contribution < -0.4 is 0 Å². The third kappa shape index (κ3) is 2.45. The van der Waals surface area contributed by atoms with Gasteiger partial charge in [-0.25, -0.2) is 4.79 Å². The normalized spacial score (nSPS) is 31.1. The predicted octanol–water partition coefficient (Wildman–Crippen LogP) is 2.22. The van der Waals surface area contributed by atoms with E-state index in [1.54, 1.807) is 6.92 Å². The van der Waals surface area contributed by atoms with E-state index < -0.39 is 5.60 Å². The SMILES string of the molecule is CC(=O)C[C@H]1[C@@H]2C[C@H]1N(C(=O)OC(C)(C)C)C2. The standard InChI is InChI=1S/C13H21NO3/c1-8(15)5-10-9-6-11(10)14(7-9)12(16)17-13(2,3)4/h9-11H,5-7H2,1-4H3/t9-,10+,11-/m1/s1. The highest BCUT2D eigenvalue weighted by molar-refractivity contribution is 5.76. The van der Waals surface area contributed by atoms with E-state index in [0.717, 1.165) is 13.0 Å². The van der Waals surface area contributed by atoms with E-state index in [0.29, 0.717) is 18.3 Å². The molecule has 17 heavy (non-hydrogen) atoms. The lowest BCUT2D eigenvalue weighted by Gasteiger charge is -2.36. The molecule has 3 aliphatic rings. The second-order valence-electron chi connectivity index (χ2n) is 6.27. The monoisotopic (exact) mass is 239 g/mol. The molecule has 2 heterocycles. The molecule has 1 amide bonds. The fraction of sp³-hybridized carbons (Fsp3) is 0.846. The summed E-state index contributed by atoms with van der Waals surface area (Å²) in [4.78, 5) is 24.9. The van der Waals surface area contributed by atoms with Crippen molar-refractivity contribution in [3.8, 4) is 0 Å². The van der Waals surface area contributed by atoms with E-state index in [2.05, 4.69) is 0 Å². The molecular weight excluding hydrogens is 218 g/mol. The molecule has 2 bridgehead atoms. The molecule has 96 valence electrons. The van der Waals surface area contributed by atoms with Crippen LogP contribution in [0.15, 0.2) is 0 Å². The van der Waals surface area contributed by atoms with Crippen LogP contribution in [0.5, 0.6) is 0 Å². The van der Waals surface area contributed by atoms with Crippen molar-refractivity contribution in [1.82, 2.24) is 4.90 Å². The molecule has 0 aromatic carbocycles. The molecular formula is C13H21NO3. The van der Waals surface area contributed by atoms with E-state index in [1.165, 1.54) is 0 Å². The lowest BCUT2D eigenvalue weighted by Crippen LogP contribution is -2.43. The fourth-order valence-electron chi connectivity index (χ4n) is 2.90. The lowest BCUT2D eigenvalue weighted by atomic mass is 9.71. The number of hydrogen-bond acceptors (Lipinski definition) is 3. The summed E-state index contributed by atoms with van der Waals surface area (Å²) < 4.78 is 5.37. The predicted molar refractivity (Wildman–Crippen MR) is 63.6 cm³/mol. The number of nitrogens with zero attached hydrogens (tertiary/aromatic N) is 1. The van der Waals surface area contributed by atoms with Gasteiger partial charge >= 0.3 is 6.09 Å². The van der Waals surface area contributed by atoms with Crippen LogP contribution in [-0.2, 0) is 9.53 Å². The van der Waals surface area contributed by atoms with Gasteiger partial charge in [0.05, 0.1) is 0 Å². The molecule has 0 aromatic rings. The first-order chi connectivity index (χ1) is 7.78. The number of carbonyl (C=O) groups excluding carboxylic acids is 2. The minimum absolute atomic E-state index is 0.218. The number of hydrogen-bond donors (Lipinski definition) is 0. The van der Waals surface area contributed by atoms with Crippen molar-refractivity contribution in [2.45, 2.75) is 52.2 Å². The van der Waals surface area contributed by atoms with Gasteiger partial charge < -0.3 is 14.4 Å². The highest BCUT2D eigenvalue weighted by Crippen LogP contribution is 2.48. The van der Waals surface area contributed by atoms with Gasteiger partial charge in [0.1, 0.15) is 11.4 Å². The second kappa shape index (κ2) is 4.00. The quantitative estimate of drug-likeness (QED) is 0.742. The summed E-state index contributed by atoms with van der Waals surface area (Å²) in [5.74, 6) is 1.10. The number of fused-ring (bicyclic) bond motifs is 1. The van der Waals surface area contributed by atoms with Crippen LogP contribution in [0.1, 0.15) is 40.5 Å². The van der Waals surface area contributed by atoms with Crippen molar-refractivity contribution in [1.29, 1.82) is 0 Å². The third-order valence-corrected chi connectivity index (χ3v) is 3.63. The maximum absolute atomic E-state index is 11.9. The molecule has 4 heteroatoms. The Morgan fingerprint density at radius 3 is 2.53 bits per heavy atom. The average Bonchev–Trinajstić information content (AvgIpc) is 2.68. The molecule has 0 radical (unpaired) electrons. The molecule has 3 rings (SSSR count). The Balaban J connectivity index is 1.93. The summed E-state index contributed by atoms with van der Waals surface area (Å²) in [5, 5.41) is 0. The van der Waals surface area contributed by atoms with Crippen molar-refractivity contribution >= 4 is 11.9 Å². The van der Waals surface area contributed by atoms with E-state index in [9.17, 15) is 9.59 Å². The van der Waals surface area contributed by atoms with Gasteiger partial charge in [-0.05, 0) is 46.0 Å². The highest BCUT2D eigenvalue weighted by atomic mass is 16.6. The summed E-state index contributed by atoms with van der Waals surface area (Å²) >= 11 is 0. The van der Waals surface area contributed by atoms with Crippen LogP contribution in [0, 0.1) is 11.8 Å². The molecule has 2 saturated heterocycles. The van der Waals surface area contributed by atoms with Crippen LogP contribution in [0.4, 0.5) is 4.79 Å². The van der Waals surface area contributed by atoms with Gasteiger partial charge in [0.25, 0.3) is 0 Å². The number of Topliss-reactive ketones (excluding diaryl/α,β-unsaturated/α-hetero) is 1. The van der Waals surface area contributed by atoms with Gasteiger partial charge in [0.15, 0.2) is 0 Å². The number of rotatable bonds is 2.